The zero-order valence-corrected chi connectivity index (χ0v) is 81.5. The number of urea groups is 3. The smallest absolute Gasteiger partial charge is 0.339 e. The number of carboxylic acids is 1. The molecule has 0 spiro atoms. The highest BCUT2D eigenvalue weighted by Crippen LogP contribution is 2.51. The fourth-order valence-electron chi connectivity index (χ4n) is 17.0. The summed E-state index contributed by atoms with van der Waals surface area (Å²) in [6.07, 6.45) is -3.08. The lowest BCUT2D eigenvalue weighted by Gasteiger charge is -2.29. The lowest BCUT2D eigenvalue weighted by atomic mass is 9.91. The first-order valence-electron chi connectivity index (χ1n) is 43.3. The number of esters is 2. The van der Waals surface area contributed by atoms with Crippen molar-refractivity contribution in [2.45, 2.75) is 132 Å². The summed E-state index contributed by atoms with van der Waals surface area (Å²) in [5, 5.41) is 34.1. The summed E-state index contributed by atoms with van der Waals surface area (Å²) in [7, 11) is 9.22. The number of carbonyl (C=O) groups excluding carboxylic acids is 5. The molecule has 3 aliphatic rings. The fourth-order valence-corrected chi connectivity index (χ4v) is 20.7. The van der Waals surface area contributed by atoms with Crippen LogP contribution in [0, 0.1) is 20.8 Å². The zero-order chi connectivity index (χ0) is 94.3. The van der Waals surface area contributed by atoms with Gasteiger partial charge in [0.1, 0.15) is 15.0 Å². The molecule has 18 rings (SSSR count). The Hall–Kier alpha value is -12.0. The van der Waals surface area contributed by atoms with Crippen LogP contribution in [0.3, 0.4) is 0 Å². The normalized spacial score (nSPS) is 14.6. The Labute approximate surface area is 790 Å². The molecule has 3 fully saturated rings. The van der Waals surface area contributed by atoms with Crippen LogP contribution in [0.4, 0.5) is 31.8 Å². The minimum atomic E-state index is -1.19. The van der Waals surface area contributed by atoms with Gasteiger partial charge in [0, 0.05) is 156 Å². The predicted octanol–water partition coefficient (Wildman–Crippen LogP) is 22.5. The molecule has 132 heavy (non-hydrogen) atoms. The van der Waals surface area contributed by atoms with E-state index in [1.54, 1.807) is 101 Å². The number of carboxylic acid groups (broad SMARTS) is 1. The molecule has 2 N–H and O–H groups in total. The molecule has 3 saturated heterocycles. The van der Waals surface area contributed by atoms with E-state index < -0.39 is 53.0 Å². The number of aromatic nitrogens is 9. The number of fused-ring (bicyclic) bond motifs is 6. The van der Waals surface area contributed by atoms with Crippen molar-refractivity contribution in [3.8, 4) is 65.1 Å². The molecule has 6 amide bonds. The summed E-state index contributed by atoms with van der Waals surface area (Å²) in [4.78, 5) is 101. The molecule has 9 heterocycles. The summed E-state index contributed by atoms with van der Waals surface area (Å²) in [5.74, 6) is -0.0531. The summed E-state index contributed by atoms with van der Waals surface area (Å²) < 4.78 is 38.1. The van der Waals surface area contributed by atoms with Crippen LogP contribution < -0.4 is 20.0 Å². The van der Waals surface area contributed by atoms with Crippen molar-refractivity contribution in [1.82, 2.24) is 59.4 Å². The summed E-state index contributed by atoms with van der Waals surface area (Å²) in [6.45, 7) is 30.6. The van der Waals surface area contributed by atoms with Crippen molar-refractivity contribution in [1.29, 1.82) is 0 Å². The minimum Gasteiger partial charge on any atom is -0.479 e. The van der Waals surface area contributed by atoms with Gasteiger partial charge in [-0.2, -0.15) is 15.3 Å². The monoisotopic (exact) mass is 1890 g/mol. The fraction of sp³-hybridized carbons (Fsp3) is 0.333. The zero-order valence-electron chi connectivity index (χ0n) is 76.8. The molecule has 0 bridgehead atoms. The molecule has 33 heteroatoms. The van der Waals surface area contributed by atoms with Crippen LogP contribution in [0.1, 0.15) is 128 Å². The molecule has 3 aliphatic heterocycles. The molecule has 684 valence electrons. The summed E-state index contributed by atoms with van der Waals surface area (Å²) in [5.41, 5.74) is 15.6. The van der Waals surface area contributed by atoms with Crippen LogP contribution in [-0.2, 0) is 59.2 Å². The third kappa shape index (κ3) is 18.7. The molecule has 0 radical (unpaired) electrons. The van der Waals surface area contributed by atoms with Crippen molar-refractivity contribution in [3.05, 3.63) is 194 Å². The third-order valence-electron chi connectivity index (χ3n) is 22.9. The largest absolute Gasteiger partial charge is 0.479 e. The summed E-state index contributed by atoms with van der Waals surface area (Å²) in [6, 6.07) is 46.4. The molecule has 9 aromatic carbocycles. The Bertz CT molecular complexity index is 7080. The van der Waals surface area contributed by atoms with Crippen molar-refractivity contribution in [2.75, 3.05) is 81.3 Å². The van der Waals surface area contributed by atoms with Crippen LogP contribution in [0.25, 0.3) is 128 Å². The number of nitrogens with one attached hydrogen (secondary N) is 1. The molecule has 27 nitrogen and oxygen atoms in total. The molecule has 0 saturated carbocycles. The number of anilines is 3. The van der Waals surface area contributed by atoms with Crippen molar-refractivity contribution >= 4 is 186 Å². The molecule has 0 unspecified atom stereocenters. The number of amides is 6. The first kappa shape index (κ1) is 93.3. The SMILES string of the molecule is CCOC(=O)[C@@H](OC(C)(C)C)c1c(C)cc2nc(-c3ccc4c(c3)c(N3CCN(C)C3=O)nn4C)sc2c1-c1ccc(Cl)cc1.CCOC(=O)[C@@H](OC(C)(C)C)c1c(C)cc2nc(-c3ccc4c(c3)c(N3CCNC3=O)nn4C)sc2c1-c1ccc(Cl)cc1.Cc1cc2nc(-c3ccc4c(c3)c(N3CCN(C)C3=O)nn4C)sc2c(-c2ccc(Cl)cc2)c1[C@H](OC(C)(C)C)C(=O)O. The van der Waals surface area contributed by atoms with Gasteiger partial charge in [0.25, 0.3) is 0 Å². The van der Waals surface area contributed by atoms with Gasteiger partial charge >= 0.3 is 36.0 Å². The van der Waals surface area contributed by atoms with E-state index in [0.717, 1.165) is 156 Å². The number of halogens is 3. The van der Waals surface area contributed by atoms with Gasteiger partial charge in [-0.3, -0.25) is 28.7 Å². The third-order valence-corrected chi connectivity index (χ3v) is 27.1. The average Bonchev–Trinajstić information content (AvgIpc) is 1.54. The van der Waals surface area contributed by atoms with E-state index in [0.29, 0.717) is 77.4 Å². The highest BCUT2D eigenvalue weighted by molar-refractivity contribution is 7.23. The number of aliphatic carboxylic acids is 1. The number of aryl methyl sites for hydroxylation is 6. The van der Waals surface area contributed by atoms with Gasteiger partial charge in [-0.25, -0.2) is 43.7 Å². The molecular weight excluding hydrogens is 1790 g/mol. The Morgan fingerprint density at radius 2 is 0.712 bits per heavy atom. The second-order valence-electron chi connectivity index (χ2n) is 35.9. The van der Waals surface area contributed by atoms with Gasteiger partial charge in [0.2, 0.25) is 0 Å². The second kappa shape index (κ2) is 36.9. The number of nitrogens with zero attached hydrogens (tertiary/aromatic N) is 14. The predicted molar refractivity (Wildman–Crippen MR) is 527 cm³/mol. The number of rotatable bonds is 20. The maximum absolute atomic E-state index is 13.5. The Morgan fingerprint density at radius 3 is 0.985 bits per heavy atom. The van der Waals surface area contributed by atoms with Gasteiger partial charge in [-0.05, 0) is 240 Å². The van der Waals surface area contributed by atoms with Gasteiger partial charge in [0.05, 0.1) is 77.2 Å². The first-order valence-corrected chi connectivity index (χ1v) is 46.9. The highest BCUT2D eigenvalue weighted by Gasteiger charge is 2.40. The van der Waals surface area contributed by atoms with E-state index >= 15 is 0 Å². The minimum absolute atomic E-state index is 0.0652. The number of benzene rings is 9. The average molecular weight is 1900 g/mol. The van der Waals surface area contributed by atoms with Crippen LogP contribution >= 0.6 is 68.8 Å². The molecule has 6 aromatic heterocycles. The van der Waals surface area contributed by atoms with E-state index in [-0.39, 0.29) is 31.3 Å². The van der Waals surface area contributed by atoms with E-state index in [1.165, 1.54) is 11.3 Å². The van der Waals surface area contributed by atoms with Crippen molar-refractivity contribution in [2.24, 2.45) is 21.1 Å². The molecule has 0 aliphatic carbocycles. The maximum atomic E-state index is 13.5. The van der Waals surface area contributed by atoms with Gasteiger partial charge in [-0.15, -0.1) is 34.0 Å². The van der Waals surface area contributed by atoms with Crippen molar-refractivity contribution < 1.29 is 57.6 Å². The molecule has 15 aromatic rings. The Balaban J connectivity index is 0.000000144. The topological polar surface area (TPSA) is 289 Å². The first-order chi connectivity index (χ1) is 62.6. The highest BCUT2D eigenvalue weighted by atomic mass is 35.5. The number of carbonyl (C=O) groups is 6. The number of hydrogen-bond donors (Lipinski definition) is 2. The van der Waals surface area contributed by atoms with E-state index in [4.69, 9.17) is 78.5 Å². The quantitative estimate of drug-likeness (QED) is 0.0670. The number of likely N-dealkylation sites (N-methyl/N-ethyl adjacent to an activating group) is 2. The second-order valence-corrected chi connectivity index (χ2v) is 40.2. The lowest BCUT2D eigenvalue weighted by molar-refractivity contribution is -0.167. The molecule has 3 atom stereocenters. The van der Waals surface area contributed by atoms with E-state index in [1.807, 2.05) is 232 Å². The maximum Gasteiger partial charge on any atom is 0.339 e. The number of thiazole rings is 3. The number of hydrogen-bond acceptors (Lipinski definition) is 20. The van der Waals surface area contributed by atoms with E-state index in [9.17, 15) is 33.9 Å². The van der Waals surface area contributed by atoms with E-state index in [2.05, 4.69) is 21.6 Å². The van der Waals surface area contributed by atoms with Crippen LogP contribution in [0.2, 0.25) is 15.1 Å². The van der Waals surface area contributed by atoms with Gasteiger partial charge in [-0.1, -0.05) is 71.2 Å². The van der Waals surface area contributed by atoms with Crippen LogP contribution in [0.5, 0.6) is 0 Å². The standard InChI is InChI=1S/C34H36ClN5O4S.C33H34ClN5O4S.C32H32ClN5O4S/c1-8-43-32(41)28(44-34(3,4)5)26-19(2)17-24-29(27(26)20-9-12-22(35)13-10-20)45-31(36-24)21-11-14-25-23(18-21)30(37-39(25)7)40-16-15-38(6)33(40)42;1-7-42-31(40)27(43-33(3,4)5)25-18(2)16-23-28(26(25)19-8-11-21(34)12-9-19)44-30(36-23)20-10-13-24-22(17-20)29(37-38(24)6)39-15-14-35-32(39)41;1-17-15-22-27(25(18-7-10-20(33)11-8-18)24(17)26(30(39)40)42-32(2,3)4)43-29(34-22)19-9-12-23-21(16-19)28(35-37(23)6)38-14-13-36(5)31(38)41/h9-14,17-18,28H,8,15-16H2,1-7H3;8-13,16-17,27H,7,14-15H2,1-6H3,(H,35,41);7-12,15-16,26H,13-14H2,1-6H3,(H,39,40)/t28-;27-;26-/m000/s1. The Kier molecular flexibility index (Phi) is 26.1. The lowest BCUT2D eigenvalue weighted by Crippen LogP contribution is -2.29. The molecular formula is C99H102Cl3N15O12S3. The number of ether oxygens (including phenoxy) is 5. The van der Waals surface area contributed by atoms with Crippen molar-refractivity contribution in [3.63, 3.8) is 0 Å². The Morgan fingerprint density at radius 1 is 0.417 bits per heavy atom. The van der Waals surface area contributed by atoms with Crippen LogP contribution in [-0.4, -0.2) is 179 Å². The van der Waals surface area contributed by atoms with Crippen LogP contribution in [0.15, 0.2) is 146 Å². The summed E-state index contributed by atoms with van der Waals surface area (Å²) >= 11 is 23.4. The van der Waals surface area contributed by atoms with Gasteiger partial charge < -0.3 is 43.9 Å². The van der Waals surface area contributed by atoms with Gasteiger partial charge in [0.15, 0.2) is 35.8 Å².